The lowest BCUT2D eigenvalue weighted by atomic mass is 10.00. The monoisotopic (exact) mass is 241 g/mol. The van der Waals surface area contributed by atoms with Crippen LogP contribution in [0.1, 0.15) is 28.4 Å². The quantitative estimate of drug-likeness (QED) is 0.638. The van der Waals surface area contributed by atoms with Gasteiger partial charge in [0.05, 0.1) is 11.7 Å². The Balaban J connectivity index is 2.23. The number of nitrogens with one attached hydrogen (secondary N) is 1. The highest BCUT2D eigenvalue weighted by Crippen LogP contribution is 2.19. The van der Waals surface area contributed by atoms with E-state index in [-0.39, 0.29) is 6.04 Å². The lowest BCUT2D eigenvalue weighted by molar-refractivity contribution is 0.535. The van der Waals surface area contributed by atoms with Gasteiger partial charge < -0.3 is 0 Å². The fraction of sp³-hybridized carbons (Fsp3) is 0.267. The largest absolute Gasteiger partial charge is 0.271 e. The Kier molecular flexibility index (Phi) is 4.07. The molecule has 18 heavy (non-hydrogen) atoms. The third kappa shape index (κ3) is 2.94. The van der Waals surface area contributed by atoms with Gasteiger partial charge in [-0.05, 0) is 37.0 Å². The van der Waals surface area contributed by atoms with Gasteiger partial charge in [0.25, 0.3) is 0 Å². The lowest BCUT2D eigenvalue weighted by Crippen LogP contribution is -2.30. The number of aromatic nitrogens is 1. The van der Waals surface area contributed by atoms with Crippen LogP contribution in [-0.4, -0.2) is 4.98 Å². The minimum absolute atomic E-state index is 0.0491. The van der Waals surface area contributed by atoms with Crippen LogP contribution in [0.15, 0.2) is 42.6 Å². The van der Waals surface area contributed by atoms with Crippen LogP contribution in [0.5, 0.6) is 0 Å². The Morgan fingerprint density at radius 2 is 1.94 bits per heavy atom. The molecule has 0 amide bonds. The highest BCUT2D eigenvalue weighted by atomic mass is 15.2. The van der Waals surface area contributed by atoms with Crippen molar-refractivity contribution in [3.63, 3.8) is 0 Å². The predicted molar refractivity (Wildman–Crippen MR) is 73.9 cm³/mol. The molecule has 1 unspecified atom stereocenters. The van der Waals surface area contributed by atoms with E-state index in [0.29, 0.717) is 0 Å². The summed E-state index contributed by atoms with van der Waals surface area (Å²) in [5.41, 5.74) is 7.48. The molecule has 0 aliphatic heterocycles. The first-order valence-electron chi connectivity index (χ1n) is 6.14. The normalized spacial score (nSPS) is 12.4. The van der Waals surface area contributed by atoms with E-state index in [9.17, 15) is 0 Å². The van der Waals surface area contributed by atoms with Crippen LogP contribution in [0.25, 0.3) is 0 Å². The van der Waals surface area contributed by atoms with E-state index in [1.54, 1.807) is 0 Å². The van der Waals surface area contributed by atoms with Crippen LogP contribution >= 0.6 is 0 Å². The number of nitrogens with zero attached hydrogens (tertiary/aromatic N) is 1. The highest BCUT2D eigenvalue weighted by molar-refractivity contribution is 5.27. The van der Waals surface area contributed by atoms with Gasteiger partial charge in [0.15, 0.2) is 0 Å². The molecule has 3 nitrogen and oxygen atoms in total. The van der Waals surface area contributed by atoms with E-state index < -0.39 is 0 Å². The average Bonchev–Trinajstić information content (AvgIpc) is 2.38. The number of hydrogen-bond acceptors (Lipinski definition) is 3. The Morgan fingerprint density at radius 1 is 1.22 bits per heavy atom. The zero-order chi connectivity index (χ0) is 13.0. The van der Waals surface area contributed by atoms with Crippen molar-refractivity contribution in [2.45, 2.75) is 26.3 Å². The minimum atomic E-state index is 0.0491. The number of hydrogen-bond donors (Lipinski definition) is 2. The van der Waals surface area contributed by atoms with Gasteiger partial charge in [-0.3, -0.25) is 16.3 Å². The number of nitrogens with two attached hydrogens (primary N) is 1. The highest BCUT2D eigenvalue weighted by Gasteiger charge is 2.14. The summed E-state index contributed by atoms with van der Waals surface area (Å²) in [4.78, 5) is 4.50. The molecule has 0 bridgehead atoms. The second-order valence-electron chi connectivity index (χ2n) is 4.62. The molecule has 0 aliphatic rings. The third-order valence-corrected chi connectivity index (χ3v) is 3.07. The fourth-order valence-corrected chi connectivity index (χ4v) is 2.18. The molecule has 0 saturated carbocycles. The molecule has 1 aromatic carbocycles. The summed E-state index contributed by atoms with van der Waals surface area (Å²) in [5, 5.41) is 0. The minimum Gasteiger partial charge on any atom is -0.271 e. The first-order valence-corrected chi connectivity index (χ1v) is 6.14. The van der Waals surface area contributed by atoms with Crippen LogP contribution in [0, 0.1) is 13.8 Å². The first kappa shape index (κ1) is 12.7. The smallest absolute Gasteiger partial charge is 0.0675 e. The van der Waals surface area contributed by atoms with Crippen LogP contribution in [-0.2, 0) is 6.42 Å². The maximum atomic E-state index is 5.67. The van der Waals surface area contributed by atoms with Gasteiger partial charge in [-0.1, -0.05) is 36.4 Å². The summed E-state index contributed by atoms with van der Waals surface area (Å²) in [7, 11) is 0. The van der Waals surface area contributed by atoms with Crippen LogP contribution in [0.4, 0.5) is 0 Å². The van der Waals surface area contributed by atoms with Crippen LogP contribution in [0.3, 0.4) is 0 Å². The topological polar surface area (TPSA) is 50.9 Å². The van der Waals surface area contributed by atoms with E-state index in [0.717, 1.165) is 12.1 Å². The zero-order valence-corrected chi connectivity index (χ0v) is 10.9. The summed E-state index contributed by atoms with van der Waals surface area (Å²) in [6.07, 6.45) is 2.73. The molecule has 2 rings (SSSR count). The van der Waals surface area contributed by atoms with Gasteiger partial charge in [0, 0.05) is 6.20 Å². The second-order valence-corrected chi connectivity index (χ2v) is 4.62. The molecule has 0 spiro atoms. The molecule has 0 fully saturated rings. The van der Waals surface area contributed by atoms with Gasteiger partial charge in [0.1, 0.15) is 0 Å². The Labute approximate surface area is 108 Å². The zero-order valence-electron chi connectivity index (χ0n) is 10.9. The first-order chi connectivity index (χ1) is 8.70. The van der Waals surface area contributed by atoms with Crippen molar-refractivity contribution >= 4 is 0 Å². The summed E-state index contributed by atoms with van der Waals surface area (Å²) in [6.45, 7) is 4.12. The average molecular weight is 241 g/mol. The van der Waals surface area contributed by atoms with Crippen molar-refractivity contribution in [2.24, 2.45) is 5.84 Å². The number of hydrazine groups is 1. The maximum Gasteiger partial charge on any atom is 0.0675 e. The van der Waals surface area contributed by atoms with E-state index in [1.807, 2.05) is 31.3 Å². The summed E-state index contributed by atoms with van der Waals surface area (Å²) in [5.74, 6) is 5.67. The molecule has 1 atom stereocenters. The summed E-state index contributed by atoms with van der Waals surface area (Å²) >= 11 is 0. The van der Waals surface area contributed by atoms with Crippen molar-refractivity contribution in [2.75, 3.05) is 0 Å². The molecule has 3 heteroatoms. The molecular weight excluding hydrogens is 222 g/mol. The predicted octanol–water partition coefficient (Wildman–Crippen LogP) is 2.45. The fourth-order valence-electron chi connectivity index (χ4n) is 2.18. The van der Waals surface area contributed by atoms with Gasteiger partial charge in [-0.15, -0.1) is 0 Å². The standard InChI is InChI=1S/C15H19N3/c1-11-8-12(2)15(17-10-11)14(18-16)9-13-6-4-3-5-7-13/h3-8,10,14,18H,9,16H2,1-2H3. The maximum absolute atomic E-state index is 5.67. The lowest BCUT2D eigenvalue weighted by Gasteiger charge is -2.17. The van der Waals surface area contributed by atoms with E-state index in [1.165, 1.54) is 16.7 Å². The van der Waals surface area contributed by atoms with E-state index in [2.05, 4.69) is 35.5 Å². The van der Waals surface area contributed by atoms with E-state index in [4.69, 9.17) is 5.84 Å². The van der Waals surface area contributed by atoms with Gasteiger partial charge in [0.2, 0.25) is 0 Å². The van der Waals surface area contributed by atoms with Crippen molar-refractivity contribution in [3.8, 4) is 0 Å². The SMILES string of the molecule is Cc1cnc(C(Cc2ccccc2)NN)c(C)c1. The Hall–Kier alpha value is -1.71. The molecule has 3 N–H and O–H groups in total. The summed E-state index contributed by atoms with van der Waals surface area (Å²) < 4.78 is 0. The van der Waals surface area contributed by atoms with Gasteiger partial charge in [-0.2, -0.15) is 0 Å². The second kappa shape index (κ2) is 5.76. The van der Waals surface area contributed by atoms with Crippen molar-refractivity contribution in [3.05, 3.63) is 65.0 Å². The van der Waals surface area contributed by atoms with Gasteiger partial charge in [-0.25, -0.2) is 0 Å². The van der Waals surface area contributed by atoms with Gasteiger partial charge >= 0.3 is 0 Å². The molecular formula is C15H19N3. The Bertz CT molecular complexity index is 508. The number of pyridine rings is 1. The van der Waals surface area contributed by atoms with Crippen molar-refractivity contribution in [1.82, 2.24) is 10.4 Å². The molecule has 2 aromatic rings. The number of aryl methyl sites for hydroxylation is 2. The third-order valence-electron chi connectivity index (χ3n) is 3.07. The molecule has 94 valence electrons. The molecule has 1 aromatic heterocycles. The molecule has 1 heterocycles. The Morgan fingerprint density at radius 3 is 2.56 bits per heavy atom. The van der Waals surface area contributed by atoms with E-state index >= 15 is 0 Å². The van der Waals surface area contributed by atoms with Crippen LogP contribution in [0.2, 0.25) is 0 Å². The van der Waals surface area contributed by atoms with Crippen molar-refractivity contribution < 1.29 is 0 Å². The molecule has 0 aliphatic carbocycles. The number of benzene rings is 1. The summed E-state index contributed by atoms with van der Waals surface area (Å²) in [6, 6.07) is 12.5. The molecule has 0 radical (unpaired) electrons. The van der Waals surface area contributed by atoms with Crippen molar-refractivity contribution in [1.29, 1.82) is 0 Å². The molecule has 0 saturated heterocycles. The van der Waals surface area contributed by atoms with Crippen LogP contribution < -0.4 is 11.3 Å². The number of rotatable bonds is 4.